The summed E-state index contributed by atoms with van der Waals surface area (Å²) >= 11 is 1.46. The second-order valence-electron chi connectivity index (χ2n) is 5.42. The van der Waals surface area contributed by atoms with Crippen molar-refractivity contribution in [3.63, 3.8) is 0 Å². The van der Waals surface area contributed by atoms with Gasteiger partial charge >= 0.3 is 6.03 Å². The normalized spacial score (nSPS) is 17.3. The van der Waals surface area contributed by atoms with Crippen LogP contribution < -0.4 is 16.4 Å². The van der Waals surface area contributed by atoms with Crippen LogP contribution in [0.5, 0.6) is 0 Å². The standard InChI is InChI=1S/C14H23N5OS/c1-9-10(2)21-14(16-9)19-12(15)18-13(20)17-11-7-5-3-4-6-8-11/h11H,3-8H2,1-2H3,(H4,15,16,17,18,19,20). The van der Waals surface area contributed by atoms with Crippen molar-refractivity contribution in [1.82, 2.24) is 15.6 Å². The Morgan fingerprint density at radius 2 is 1.95 bits per heavy atom. The number of thiazole rings is 1. The minimum atomic E-state index is -0.284. The molecule has 116 valence electrons. The van der Waals surface area contributed by atoms with Crippen LogP contribution in [-0.4, -0.2) is 23.0 Å². The monoisotopic (exact) mass is 309 g/mol. The van der Waals surface area contributed by atoms with Crippen LogP contribution in [0.15, 0.2) is 4.99 Å². The smallest absolute Gasteiger partial charge is 0.321 e. The summed E-state index contributed by atoms with van der Waals surface area (Å²) < 4.78 is 0. The SMILES string of the molecule is Cc1nc(/N=C(\N)NC(=O)NC2CCCCCC2)sc1C. The molecule has 1 saturated carbocycles. The van der Waals surface area contributed by atoms with Gasteiger partial charge in [0.1, 0.15) is 0 Å². The second-order valence-corrected chi connectivity index (χ2v) is 6.60. The summed E-state index contributed by atoms with van der Waals surface area (Å²) in [4.78, 5) is 21.4. The van der Waals surface area contributed by atoms with Gasteiger partial charge in [0.2, 0.25) is 11.1 Å². The summed E-state index contributed by atoms with van der Waals surface area (Å²) in [6.45, 7) is 3.90. The van der Waals surface area contributed by atoms with Crippen molar-refractivity contribution in [2.24, 2.45) is 10.7 Å². The fourth-order valence-electron chi connectivity index (χ4n) is 2.40. The highest BCUT2D eigenvalue weighted by molar-refractivity contribution is 7.15. The van der Waals surface area contributed by atoms with Gasteiger partial charge in [-0.2, -0.15) is 4.99 Å². The summed E-state index contributed by atoms with van der Waals surface area (Å²) in [5.74, 6) is 0.0786. The van der Waals surface area contributed by atoms with Crippen molar-refractivity contribution in [2.45, 2.75) is 58.4 Å². The van der Waals surface area contributed by atoms with E-state index >= 15 is 0 Å². The number of guanidine groups is 1. The van der Waals surface area contributed by atoms with Crippen LogP contribution in [-0.2, 0) is 0 Å². The molecule has 1 aromatic rings. The molecule has 0 radical (unpaired) electrons. The van der Waals surface area contributed by atoms with Gasteiger partial charge in [-0.05, 0) is 26.7 Å². The van der Waals surface area contributed by atoms with Gasteiger partial charge in [-0.1, -0.05) is 37.0 Å². The molecule has 4 N–H and O–H groups in total. The lowest BCUT2D eigenvalue weighted by Crippen LogP contribution is -2.46. The fraction of sp³-hybridized carbons (Fsp3) is 0.643. The van der Waals surface area contributed by atoms with Gasteiger partial charge in [-0.3, -0.25) is 5.32 Å². The number of aromatic nitrogens is 1. The van der Waals surface area contributed by atoms with E-state index in [1.165, 1.54) is 37.0 Å². The van der Waals surface area contributed by atoms with Crippen LogP contribution in [0.25, 0.3) is 0 Å². The minimum Gasteiger partial charge on any atom is -0.369 e. The van der Waals surface area contributed by atoms with Crippen molar-refractivity contribution in [3.05, 3.63) is 10.6 Å². The number of carbonyl (C=O) groups is 1. The number of nitrogens with one attached hydrogen (secondary N) is 2. The van der Waals surface area contributed by atoms with E-state index in [0.717, 1.165) is 23.4 Å². The topological polar surface area (TPSA) is 92.4 Å². The van der Waals surface area contributed by atoms with E-state index in [2.05, 4.69) is 20.6 Å². The maximum atomic E-state index is 11.9. The quantitative estimate of drug-likeness (QED) is 0.445. The Labute approximate surface area is 129 Å². The number of aliphatic imine (C=N–C) groups is 1. The molecule has 1 aliphatic carbocycles. The minimum absolute atomic E-state index is 0.0786. The van der Waals surface area contributed by atoms with Gasteiger partial charge in [-0.15, -0.1) is 0 Å². The summed E-state index contributed by atoms with van der Waals surface area (Å²) in [5, 5.41) is 6.10. The fourth-order valence-corrected chi connectivity index (χ4v) is 3.19. The van der Waals surface area contributed by atoms with Crippen LogP contribution in [0.1, 0.15) is 49.1 Å². The number of hydrogen-bond donors (Lipinski definition) is 3. The Bertz CT molecular complexity index is 498. The maximum absolute atomic E-state index is 11.9. The molecule has 1 heterocycles. The molecule has 0 unspecified atom stereocenters. The molecule has 0 atom stereocenters. The van der Waals surface area contributed by atoms with Crippen molar-refractivity contribution in [1.29, 1.82) is 0 Å². The van der Waals surface area contributed by atoms with Crippen molar-refractivity contribution in [3.8, 4) is 0 Å². The third-order valence-corrected chi connectivity index (χ3v) is 4.63. The Morgan fingerprint density at radius 3 is 2.52 bits per heavy atom. The lowest BCUT2D eigenvalue weighted by Gasteiger charge is -2.16. The molecule has 7 heteroatoms. The van der Waals surface area contributed by atoms with Crippen LogP contribution in [0.3, 0.4) is 0 Å². The maximum Gasteiger partial charge on any atom is 0.321 e. The number of hydrogen-bond acceptors (Lipinski definition) is 4. The molecule has 0 saturated heterocycles. The molecule has 6 nitrogen and oxygen atoms in total. The molecule has 1 aliphatic rings. The first-order valence-corrected chi connectivity index (χ1v) is 8.22. The number of nitrogens with zero attached hydrogens (tertiary/aromatic N) is 2. The van der Waals surface area contributed by atoms with E-state index in [-0.39, 0.29) is 18.0 Å². The first-order valence-electron chi connectivity index (χ1n) is 7.40. The average molecular weight is 309 g/mol. The highest BCUT2D eigenvalue weighted by Gasteiger charge is 2.15. The van der Waals surface area contributed by atoms with Crippen molar-refractivity contribution >= 4 is 28.5 Å². The molecule has 0 spiro atoms. The molecule has 0 aromatic carbocycles. The third kappa shape index (κ3) is 5.00. The van der Waals surface area contributed by atoms with Gasteiger partial charge < -0.3 is 11.1 Å². The first-order chi connectivity index (χ1) is 10.0. The van der Waals surface area contributed by atoms with Gasteiger partial charge in [-0.25, -0.2) is 9.78 Å². The van der Waals surface area contributed by atoms with Crippen molar-refractivity contribution in [2.75, 3.05) is 0 Å². The number of carbonyl (C=O) groups excluding carboxylic acids is 1. The number of aryl methyl sites for hydroxylation is 2. The second kappa shape index (κ2) is 7.40. The Hall–Kier alpha value is -1.63. The zero-order valence-corrected chi connectivity index (χ0v) is 13.4. The van der Waals surface area contributed by atoms with Gasteiger partial charge in [0.15, 0.2) is 0 Å². The van der Waals surface area contributed by atoms with E-state index in [1.807, 2.05) is 13.8 Å². The molecule has 2 rings (SSSR count). The first kappa shape index (κ1) is 15.8. The lowest BCUT2D eigenvalue weighted by molar-refractivity contribution is 0.240. The Balaban J connectivity index is 1.86. The highest BCUT2D eigenvalue weighted by atomic mass is 32.1. The molecule has 21 heavy (non-hydrogen) atoms. The van der Waals surface area contributed by atoms with Crippen molar-refractivity contribution < 1.29 is 4.79 Å². The molecular weight excluding hydrogens is 286 g/mol. The summed E-state index contributed by atoms with van der Waals surface area (Å²) in [6.07, 6.45) is 6.93. The van der Waals surface area contributed by atoms with Gasteiger partial charge in [0, 0.05) is 10.9 Å². The summed E-state index contributed by atoms with van der Waals surface area (Å²) in [6, 6.07) is -0.0437. The van der Waals surface area contributed by atoms with Gasteiger partial charge in [0.05, 0.1) is 5.69 Å². The lowest BCUT2D eigenvalue weighted by atomic mass is 10.1. The van der Waals surface area contributed by atoms with Crippen LogP contribution in [0, 0.1) is 13.8 Å². The predicted octanol–water partition coefficient (Wildman–Crippen LogP) is 2.73. The van der Waals surface area contributed by atoms with E-state index in [9.17, 15) is 4.79 Å². The molecule has 0 bridgehead atoms. The molecule has 1 aromatic heterocycles. The van der Waals surface area contributed by atoms with E-state index in [4.69, 9.17) is 5.73 Å². The molecule has 2 amide bonds. The predicted molar refractivity (Wildman–Crippen MR) is 86.0 cm³/mol. The largest absolute Gasteiger partial charge is 0.369 e. The number of urea groups is 1. The zero-order valence-electron chi connectivity index (χ0n) is 12.6. The Morgan fingerprint density at radius 1 is 1.29 bits per heavy atom. The summed E-state index contributed by atoms with van der Waals surface area (Å²) in [5.41, 5.74) is 6.69. The van der Waals surface area contributed by atoms with E-state index < -0.39 is 0 Å². The number of nitrogens with two attached hydrogens (primary N) is 1. The highest BCUT2D eigenvalue weighted by Crippen LogP contribution is 2.23. The average Bonchev–Trinajstić information content (AvgIpc) is 2.62. The van der Waals surface area contributed by atoms with E-state index in [0.29, 0.717) is 5.13 Å². The zero-order chi connectivity index (χ0) is 15.2. The number of rotatable bonds is 2. The summed E-state index contributed by atoms with van der Waals surface area (Å²) in [7, 11) is 0. The van der Waals surface area contributed by atoms with Crippen LogP contribution in [0.4, 0.5) is 9.93 Å². The third-order valence-electron chi connectivity index (χ3n) is 3.67. The Kier molecular flexibility index (Phi) is 5.55. The van der Waals surface area contributed by atoms with Crippen LogP contribution >= 0.6 is 11.3 Å². The number of amides is 2. The van der Waals surface area contributed by atoms with Crippen LogP contribution in [0.2, 0.25) is 0 Å². The van der Waals surface area contributed by atoms with Gasteiger partial charge in [0.25, 0.3) is 0 Å². The molecule has 1 fully saturated rings. The van der Waals surface area contributed by atoms with E-state index in [1.54, 1.807) is 0 Å². The molecular formula is C14H23N5OS. The molecule has 0 aliphatic heterocycles.